The van der Waals surface area contributed by atoms with Crippen LogP contribution in [0.5, 0.6) is 0 Å². The van der Waals surface area contributed by atoms with Crippen molar-refractivity contribution in [2.75, 3.05) is 11.1 Å². The van der Waals surface area contributed by atoms with Gasteiger partial charge in [-0.15, -0.1) is 0 Å². The Morgan fingerprint density at radius 1 is 1.12 bits per heavy atom. The van der Waals surface area contributed by atoms with Crippen molar-refractivity contribution in [2.24, 2.45) is 0 Å². The van der Waals surface area contributed by atoms with Gasteiger partial charge in [0.25, 0.3) is 0 Å². The molecule has 3 N–H and O–H groups in total. The summed E-state index contributed by atoms with van der Waals surface area (Å²) in [5.41, 5.74) is 10.9. The Bertz CT molecular complexity index is 716. The molecule has 0 fully saturated rings. The molecule has 0 saturated heterocycles. The molecule has 0 amide bonds. The van der Waals surface area contributed by atoms with Gasteiger partial charge < -0.3 is 11.1 Å². The minimum absolute atomic E-state index is 0.0381. The van der Waals surface area contributed by atoms with Crippen LogP contribution in [0.25, 0.3) is 0 Å². The number of aryl methyl sites for hydroxylation is 2. The fourth-order valence-electron chi connectivity index (χ4n) is 2.99. The first kappa shape index (κ1) is 21.8. The second-order valence-electron chi connectivity index (χ2n) is 5.81. The van der Waals surface area contributed by atoms with Gasteiger partial charge in [-0.25, -0.2) is 4.39 Å². The third-order valence-electron chi connectivity index (χ3n) is 4.26. The van der Waals surface area contributed by atoms with E-state index in [1.807, 2.05) is 27.7 Å². The van der Waals surface area contributed by atoms with Crippen LogP contribution < -0.4 is 11.1 Å². The molecule has 0 bridgehead atoms. The maximum atomic E-state index is 13.4. The van der Waals surface area contributed by atoms with Crippen molar-refractivity contribution in [1.82, 2.24) is 15.0 Å². The summed E-state index contributed by atoms with van der Waals surface area (Å²) < 4.78 is 13.4. The molecule has 144 valence electrons. The summed E-state index contributed by atoms with van der Waals surface area (Å²) in [4.78, 5) is 12.0. The molecule has 1 aliphatic carbocycles. The van der Waals surface area contributed by atoms with Crippen LogP contribution >= 0.6 is 0 Å². The number of anilines is 2. The SMILES string of the molecule is CC.CC.Cc1ccc2c(c1C)C(Nc1nc(N)nc(C(C)F)n1)CC2. The van der Waals surface area contributed by atoms with Crippen molar-refractivity contribution in [1.29, 1.82) is 0 Å². The van der Waals surface area contributed by atoms with E-state index in [9.17, 15) is 4.39 Å². The Balaban J connectivity index is 0.000000791. The lowest BCUT2D eigenvalue weighted by molar-refractivity contribution is 0.356. The fourth-order valence-corrected chi connectivity index (χ4v) is 2.99. The monoisotopic (exact) mass is 361 g/mol. The second-order valence-corrected chi connectivity index (χ2v) is 5.81. The minimum Gasteiger partial charge on any atom is -0.368 e. The van der Waals surface area contributed by atoms with Crippen LogP contribution in [0.15, 0.2) is 12.1 Å². The van der Waals surface area contributed by atoms with Crippen molar-refractivity contribution >= 4 is 11.9 Å². The number of alkyl halides is 1. The molecule has 1 aromatic heterocycles. The molecule has 0 radical (unpaired) electrons. The van der Waals surface area contributed by atoms with Gasteiger partial charge >= 0.3 is 0 Å². The third-order valence-corrected chi connectivity index (χ3v) is 4.26. The van der Waals surface area contributed by atoms with E-state index in [1.165, 1.54) is 29.2 Å². The molecule has 2 atom stereocenters. The number of hydrogen-bond acceptors (Lipinski definition) is 5. The number of benzene rings is 1. The maximum Gasteiger partial charge on any atom is 0.228 e. The van der Waals surface area contributed by atoms with Crippen LogP contribution in [0, 0.1) is 13.8 Å². The average molecular weight is 362 g/mol. The third kappa shape index (κ3) is 4.90. The van der Waals surface area contributed by atoms with Gasteiger partial charge in [-0.1, -0.05) is 39.8 Å². The molecule has 1 heterocycles. The van der Waals surface area contributed by atoms with E-state index in [1.54, 1.807) is 0 Å². The number of nitrogens with one attached hydrogen (secondary N) is 1. The fraction of sp³-hybridized carbons (Fsp3) is 0.550. The van der Waals surface area contributed by atoms with Gasteiger partial charge in [-0.05, 0) is 55.9 Å². The first-order chi connectivity index (χ1) is 12.5. The number of hydrogen-bond donors (Lipinski definition) is 2. The van der Waals surface area contributed by atoms with Gasteiger partial charge in [-0.2, -0.15) is 15.0 Å². The molecule has 6 heteroatoms. The van der Waals surface area contributed by atoms with Crippen molar-refractivity contribution in [3.8, 4) is 0 Å². The molecule has 5 nitrogen and oxygen atoms in total. The Morgan fingerprint density at radius 2 is 1.77 bits per heavy atom. The number of nitrogens with zero attached hydrogens (tertiary/aromatic N) is 3. The van der Waals surface area contributed by atoms with Gasteiger partial charge in [-0.3, -0.25) is 0 Å². The zero-order valence-electron chi connectivity index (χ0n) is 17.0. The molecule has 26 heavy (non-hydrogen) atoms. The van der Waals surface area contributed by atoms with E-state index in [-0.39, 0.29) is 17.8 Å². The highest BCUT2D eigenvalue weighted by Crippen LogP contribution is 2.36. The quantitative estimate of drug-likeness (QED) is 0.780. The Morgan fingerprint density at radius 3 is 2.38 bits per heavy atom. The highest BCUT2D eigenvalue weighted by Gasteiger charge is 2.26. The zero-order valence-corrected chi connectivity index (χ0v) is 17.0. The first-order valence-electron chi connectivity index (χ1n) is 9.46. The summed E-state index contributed by atoms with van der Waals surface area (Å²) in [7, 11) is 0. The van der Waals surface area contributed by atoms with Gasteiger partial charge in [0.05, 0.1) is 6.04 Å². The molecule has 2 aromatic rings. The summed E-state index contributed by atoms with van der Waals surface area (Å²) in [5, 5.41) is 3.29. The number of nitrogens with two attached hydrogens (primary N) is 1. The molecule has 0 aliphatic heterocycles. The molecule has 1 aromatic carbocycles. The van der Waals surface area contributed by atoms with E-state index in [2.05, 4.69) is 46.2 Å². The van der Waals surface area contributed by atoms with Crippen LogP contribution in [-0.2, 0) is 6.42 Å². The summed E-state index contributed by atoms with van der Waals surface area (Å²) >= 11 is 0. The summed E-state index contributed by atoms with van der Waals surface area (Å²) in [6, 6.07) is 4.45. The molecule has 0 spiro atoms. The van der Waals surface area contributed by atoms with Crippen LogP contribution in [0.1, 0.15) is 81.3 Å². The maximum absolute atomic E-state index is 13.4. The molecule has 1 aliphatic rings. The van der Waals surface area contributed by atoms with Crippen LogP contribution in [0.3, 0.4) is 0 Å². The second kappa shape index (κ2) is 10.0. The average Bonchev–Trinajstić information content (AvgIpc) is 3.04. The standard InChI is InChI=1S/C16H20FN5.2C2H6/c1-8-4-5-11-6-7-12(13(11)9(8)2)19-16-21-14(10(3)17)20-15(18)22-16;2*1-2/h4-5,10,12H,6-7H2,1-3H3,(H3,18,19,20,21,22);2*1-2H3. The van der Waals surface area contributed by atoms with Crippen LogP contribution in [0.2, 0.25) is 0 Å². The van der Waals surface area contributed by atoms with Crippen LogP contribution in [0.4, 0.5) is 16.3 Å². The van der Waals surface area contributed by atoms with Crippen molar-refractivity contribution in [3.63, 3.8) is 0 Å². The summed E-state index contributed by atoms with van der Waals surface area (Å²) in [6.07, 6.45) is 0.706. The number of nitrogen functional groups attached to an aromatic ring is 1. The highest BCUT2D eigenvalue weighted by atomic mass is 19.1. The number of fused-ring (bicyclic) bond motifs is 1. The van der Waals surface area contributed by atoms with Gasteiger partial charge in [0.15, 0.2) is 12.0 Å². The number of aromatic nitrogens is 3. The predicted octanol–water partition coefficient (Wildman–Crippen LogP) is 5.25. The lowest BCUT2D eigenvalue weighted by Crippen LogP contribution is -2.14. The molecule has 3 rings (SSSR count). The molecular weight excluding hydrogens is 329 g/mol. The smallest absolute Gasteiger partial charge is 0.228 e. The van der Waals surface area contributed by atoms with Gasteiger partial charge in [0, 0.05) is 0 Å². The summed E-state index contributed by atoms with van der Waals surface area (Å²) in [6.45, 7) is 13.6. The number of rotatable bonds is 3. The Kier molecular flexibility index (Phi) is 8.42. The zero-order chi connectivity index (χ0) is 19.9. The molecule has 2 unspecified atom stereocenters. The normalized spacial score (nSPS) is 15.8. The van der Waals surface area contributed by atoms with Crippen molar-refractivity contribution in [3.05, 3.63) is 40.2 Å². The lowest BCUT2D eigenvalue weighted by Gasteiger charge is -2.18. The topological polar surface area (TPSA) is 76.7 Å². The van der Waals surface area contributed by atoms with E-state index in [0.29, 0.717) is 5.95 Å². The van der Waals surface area contributed by atoms with Crippen molar-refractivity contribution in [2.45, 2.75) is 73.5 Å². The van der Waals surface area contributed by atoms with Crippen LogP contribution in [-0.4, -0.2) is 15.0 Å². The Hall–Kier alpha value is -2.24. The predicted molar refractivity (Wildman–Crippen MR) is 107 cm³/mol. The van der Waals surface area contributed by atoms with Crippen molar-refractivity contribution < 1.29 is 4.39 Å². The summed E-state index contributed by atoms with van der Waals surface area (Å²) in [5.74, 6) is 0.441. The molecule has 0 saturated carbocycles. The van der Waals surface area contributed by atoms with E-state index in [4.69, 9.17) is 5.73 Å². The first-order valence-corrected chi connectivity index (χ1v) is 9.46. The van der Waals surface area contributed by atoms with E-state index >= 15 is 0 Å². The Labute approximate surface area is 156 Å². The minimum atomic E-state index is -1.27. The van der Waals surface area contributed by atoms with E-state index < -0.39 is 6.17 Å². The largest absolute Gasteiger partial charge is 0.368 e. The van der Waals surface area contributed by atoms with Gasteiger partial charge in [0.2, 0.25) is 11.9 Å². The van der Waals surface area contributed by atoms with E-state index in [0.717, 1.165) is 12.8 Å². The van der Waals surface area contributed by atoms with Gasteiger partial charge in [0.1, 0.15) is 0 Å². The number of halogens is 1. The molecular formula is C20H32FN5. The highest BCUT2D eigenvalue weighted by molar-refractivity contribution is 5.48. The lowest BCUT2D eigenvalue weighted by atomic mass is 9.98.